The predicted octanol–water partition coefficient (Wildman–Crippen LogP) is 2.77. The fourth-order valence-electron chi connectivity index (χ4n) is 2.34. The fraction of sp³-hybridized carbons (Fsp3) is 0.538. The molecule has 2 nitrogen and oxygen atoms in total. The molecule has 1 N–H and O–H groups in total. The average molecular weight is 301 g/mol. The summed E-state index contributed by atoms with van der Waals surface area (Å²) in [6, 6.07) is 5.82. The molecule has 1 aromatic carbocycles. The molecule has 0 saturated carbocycles. The van der Waals surface area contributed by atoms with Crippen LogP contribution in [0.2, 0.25) is 0 Å². The number of nitrogens with zero attached hydrogens (tertiary/aromatic N) is 1. The molecule has 1 aliphatic rings. The monoisotopic (exact) mass is 300 g/mol. The van der Waals surface area contributed by atoms with E-state index in [0.29, 0.717) is 10.5 Å². The van der Waals surface area contributed by atoms with Gasteiger partial charge in [-0.3, -0.25) is 4.90 Å². The number of benzene rings is 1. The van der Waals surface area contributed by atoms with Gasteiger partial charge in [-0.15, -0.1) is 0 Å². The quantitative estimate of drug-likeness (QED) is 0.920. The summed E-state index contributed by atoms with van der Waals surface area (Å²) in [5, 5.41) is 3.37. The van der Waals surface area contributed by atoms with Crippen LogP contribution in [-0.2, 0) is 6.54 Å². The lowest BCUT2D eigenvalue weighted by atomic mass is 10.1. The van der Waals surface area contributed by atoms with Crippen molar-refractivity contribution in [3.05, 3.63) is 34.1 Å². The highest BCUT2D eigenvalue weighted by Crippen LogP contribution is 2.23. The van der Waals surface area contributed by atoms with Crippen LogP contribution >= 0.6 is 15.9 Å². The van der Waals surface area contributed by atoms with Gasteiger partial charge in [0.1, 0.15) is 5.82 Å². The summed E-state index contributed by atoms with van der Waals surface area (Å²) in [5.74, 6) is -0.178. The Balaban J connectivity index is 2.09. The summed E-state index contributed by atoms with van der Waals surface area (Å²) in [4.78, 5) is 2.40. The van der Waals surface area contributed by atoms with Gasteiger partial charge in [-0.05, 0) is 47.1 Å². The van der Waals surface area contributed by atoms with Crippen molar-refractivity contribution in [2.24, 2.45) is 0 Å². The minimum absolute atomic E-state index is 0.178. The minimum Gasteiger partial charge on any atom is -0.315 e. The molecule has 2 rings (SSSR count). The van der Waals surface area contributed by atoms with Gasteiger partial charge in [-0.2, -0.15) is 0 Å². The van der Waals surface area contributed by atoms with Gasteiger partial charge in [0.15, 0.2) is 0 Å². The molecule has 17 heavy (non-hydrogen) atoms. The zero-order valence-corrected chi connectivity index (χ0v) is 11.6. The van der Waals surface area contributed by atoms with E-state index in [0.717, 1.165) is 31.7 Å². The van der Waals surface area contributed by atoms with Crippen molar-refractivity contribution in [2.45, 2.75) is 25.9 Å². The van der Waals surface area contributed by atoms with Crippen LogP contribution in [0.15, 0.2) is 22.7 Å². The molecule has 0 bridgehead atoms. The van der Waals surface area contributed by atoms with Crippen molar-refractivity contribution in [3.8, 4) is 0 Å². The van der Waals surface area contributed by atoms with E-state index in [9.17, 15) is 4.39 Å². The lowest BCUT2D eigenvalue weighted by molar-refractivity contribution is 0.209. The molecule has 1 aliphatic heterocycles. The first-order valence-corrected chi connectivity index (χ1v) is 6.89. The van der Waals surface area contributed by atoms with Gasteiger partial charge in [0.2, 0.25) is 0 Å². The molecule has 1 unspecified atom stereocenters. The largest absolute Gasteiger partial charge is 0.315 e. The van der Waals surface area contributed by atoms with Crippen molar-refractivity contribution in [1.82, 2.24) is 10.2 Å². The van der Waals surface area contributed by atoms with Gasteiger partial charge >= 0.3 is 0 Å². The highest BCUT2D eigenvalue weighted by Gasteiger charge is 2.21. The van der Waals surface area contributed by atoms with Crippen molar-refractivity contribution < 1.29 is 4.39 Å². The topological polar surface area (TPSA) is 15.3 Å². The summed E-state index contributed by atoms with van der Waals surface area (Å²) in [7, 11) is 0. The molecule has 94 valence electrons. The molecule has 0 amide bonds. The third-order valence-corrected chi connectivity index (χ3v) is 4.25. The molecule has 1 fully saturated rings. The maximum atomic E-state index is 13.4. The Morgan fingerprint density at radius 1 is 1.53 bits per heavy atom. The maximum Gasteiger partial charge on any atom is 0.137 e. The molecule has 0 radical (unpaired) electrons. The summed E-state index contributed by atoms with van der Waals surface area (Å²) >= 11 is 3.33. The summed E-state index contributed by atoms with van der Waals surface area (Å²) < 4.78 is 14.0. The number of halogens is 2. The number of nitrogens with one attached hydrogen (secondary N) is 1. The molecule has 4 heteroatoms. The lowest BCUT2D eigenvalue weighted by Gasteiger charge is -2.27. The third-order valence-electron chi connectivity index (χ3n) is 3.36. The van der Waals surface area contributed by atoms with E-state index < -0.39 is 0 Å². The van der Waals surface area contributed by atoms with Crippen molar-refractivity contribution in [3.63, 3.8) is 0 Å². The van der Waals surface area contributed by atoms with E-state index in [4.69, 9.17) is 0 Å². The van der Waals surface area contributed by atoms with E-state index >= 15 is 0 Å². The maximum absolute atomic E-state index is 13.4. The normalized spacial score (nSPS) is 20.1. The molecule has 1 heterocycles. The molecule has 1 saturated heterocycles. The van der Waals surface area contributed by atoms with Crippen LogP contribution in [0.25, 0.3) is 0 Å². The molecule has 1 aromatic rings. The van der Waals surface area contributed by atoms with Crippen LogP contribution in [-0.4, -0.2) is 30.6 Å². The third kappa shape index (κ3) is 3.06. The average Bonchev–Trinajstić information content (AvgIpc) is 2.85. The van der Waals surface area contributed by atoms with Gasteiger partial charge in [0.05, 0.1) is 4.47 Å². The lowest BCUT2D eigenvalue weighted by Crippen LogP contribution is -2.36. The van der Waals surface area contributed by atoms with E-state index in [1.165, 1.54) is 12.5 Å². The van der Waals surface area contributed by atoms with E-state index in [1.54, 1.807) is 6.07 Å². The summed E-state index contributed by atoms with van der Waals surface area (Å²) in [5.41, 5.74) is 1.03. The van der Waals surface area contributed by atoms with E-state index in [1.807, 2.05) is 6.07 Å². The van der Waals surface area contributed by atoms with E-state index in [-0.39, 0.29) is 5.82 Å². The Morgan fingerprint density at radius 2 is 2.35 bits per heavy atom. The smallest absolute Gasteiger partial charge is 0.137 e. The van der Waals surface area contributed by atoms with Gasteiger partial charge < -0.3 is 5.32 Å². The van der Waals surface area contributed by atoms with Crippen LogP contribution in [0.1, 0.15) is 18.9 Å². The zero-order valence-electron chi connectivity index (χ0n) is 10.0. The van der Waals surface area contributed by atoms with Gasteiger partial charge in [0, 0.05) is 19.1 Å². The van der Waals surface area contributed by atoms with Crippen LogP contribution in [0.5, 0.6) is 0 Å². The molecule has 1 atom stereocenters. The number of likely N-dealkylation sites (N-methyl/N-ethyl adjacent to an activating group) is 1. The SMILES string of the molecule is CCN(Cc1cccc(F)c1Br)C1CCNC1. The number of hydrogen-bond acceptors (Lipinski definition) is 2. The molecule has 0 spiro atoms. The highest BCUT2D eigenvalue weighted by atomic mass is 79.9. The van der Waals surface area contributed by atoms with Crippen LogP contribution in [0, 0.1) is 5.82 Å². The molecular formula is C13H18BrFN2. The van der Waals surface area contributed by atoms with E-state index in [2.05, 4.69) is 33.1 Å². The zero-order chi connectivity index (χ0) is 12.3. The second kappa shape index (κ2) is 5.94. The standard InChI is InChI=1S/C13H18BrFN2/c1-2-17(11-6-7-16-8-11)9-10-4-3-5-12(15)13(10)14/h3-5,11,16H,2,6-9H2,1H3. The first-order chi connectivity index (χ1) is 8.22. The molecule has 0 aliphatic carbocycles. The first kappa shape index (κ1) is 13.0. The van der Waals surface area contributed by atoms with Gasteiger partial charge in [0.25, 0.3) is 0 Å². The summed E-state index contributed by atoms with van der Waals surface area (Å²) in [6.07, 6.45) is 1.18. The Hall–Kier alpha value is -0.450. The van der Waals surface area contributed by atoms with Crippen molar-refractivity contribution >= 4 is 15.9 Å². The molecule has 0 aromatic heterocycles. The second-order valence-corrected chi connectivity index (χ2v) is 5.22. The Bertz CT molecular complexity index is 378. The Kier molecular flexibility index (Phi) is 4.54. The summed E-state index contributed by atoms with van der Waals surface area (Å²) in [6.45, 7) is 6.09. The number of rotatable bonds is 4. The van der Waals surface area contributed by atoms with Gasteiger partial charge in [-0.25, -0.2) is 4.39 Å². The first-order valence-electron chi connectivity index (χ1n) is 6.10. The van der Waals surface area contributed by atoms with Crippen molar-refractivity contribution in [2.75, 3.05) is 19.6 Å². The van der Waals surface area contributed by atoms with Crippen LogP contribution < -0.4 is 5.32 Å². The molecular weight excluding hydrogens is 283 g/mol. The minimum atomic E-state index is -0.178. The van der Waals surface area contributed by atoms with Crippen LogP contribution in [0.3, 0.4) is 0 Å². The van der Waals surface area contributed by atoms with Crippen molar-refractivity contribution in [1.29, 1.82) is 0 Å². The Labute approximate surface area is 110 Å². The van der Waals surface area contributed by atoms with Crippen LogP contribution in [0.4, 0.5) is 4.39 Å². The van der Waals surface area contributed by atoms with Gasteiger partial charge in [-0.1, -0.05) is 19.1 Å². The second-order valence-electron chi connectivity index (χ2n) is 4.42. The number of hydrogen-bond donors (Lipinski definition) is 1. The highest BCUT2D eigenvalue weighted by molar-refractivity contribution is 9.10. The Morgan fingerprint density at radius 3 is 3.00 bits per heavy atom. The fourth-order valence-corrected chi connectivity index (χ4v) is 2.73. The predicted molar refractivity (Wildman–Crippen MR) is 71.5 cm³/mol.